The fourth-order valence-corrected chi connectivity index (χ4v) is 0.762. The third-order valence-corrected chi connectivity index (χ3v) is 1.32. The SMILES string of the molecule is CCC(CCl)OC(=O)Cl. The van der Waals surface area contributed by atoms with Crippen molar-refractivity contribution in [1.82, 2.24) is 0 Å². The van der Waals surface area contributed by atoms with Gasteiger partial charge in [-0.25, -0.2) is 4.79 Å². The van der Waals surface area contributed by atoms with Gasteiger partial charge < -0.3 is 4.74 Å². The number of ether oxygens (including phenoxy) is 1. The molecule has 0 N–H and O–H groups in total. The van der Waals surface area contributed by atoms with E-state index in [0.717, 1.165) is 0 Å². The quantitative estimate of drug-likeness (QED) is 0.481. The minimum absolute atomic E-state index is 0.239. The maximum Gasteiger partial charge on any atom is 0.404 e. The lowest BCUT2D eigenvalue weighted by Gasteiger charge is -2.08. The second-order valence-electron chi connectivity index (χ2n) is 1.54. The summed E-state index contributed by atoms with van der Waals surface area (Å²) in [5.74, 6) is 0.301. The molecule has 0 fully saturated rings. The van der Waals surface area contributed by atoms with Crippen molar-refractivity contribution in [2.45, 2.75) is 19.4 Å². The summed E-state index contributed by atoms with van der Waals surface area (Å²) in [6.07, 6.45) is 0.457. The van der Waals surface area contributed by atoms with Gasteiger partial charge in [-0.15, -0.1) is 11.6 Å². The largest absolute Gasteiger partial charge is 0.449 e. The Morgan fingerprint density at radius 1 is 1.78 bits per heavy atom. The highest BCUT2D eigenvalue weighted by atomic mass is 35.5. The maximum atomic E-state index is 10.1. The van der Waals surface area contributed by atoms with Gasteiger partial charge in [-0.3, -0.25) is 0 Å². The third kappa shape index (κ3) is 4.55. The summed E-state index contributed by atoms with van der Waals surface area (Å²) in [6.45, 7) is 1.87. The first kappa shape index (κ1) is 9.05. The molecule has 54 valence electrons. The first-order valence-corrected chi connectivity index (χ1v) is 3.54. The molecule has 1 atom stereocenters. The zero-order valence-corrected chi connectivity index (χ0v) is 6.58. The molecule has 0 heterocycles. The van der Waals surface area contributed by atoms with Crippen LogP contribution in [0.3, 0.4) is 0 Å². The fourth-order valence-electron chi connectivity index (χ4n) is 0.355. The standard InChI is InChI=1S/C5H8Cl2O2/c1-2-4(3-6)9-5(7)8/h4H,2-3H2,1H3. The van der Waals surface area contributed by atoms with Crippen LogP contribution in [0.1, 0.15) is 13.3 Å². The number of carbonyl (C=O) groups is 1. The van der Waals surface area contributed by atoms with Crippen molar-refractivity contribution in [3.8, 4) is 0 Å². The third-order valence-electron chi connectivity index (χ3n) is 0.887. The highest BCUT2D eigenvalue weighted by Gasteiger charge is 2.07. The Morgan fingerprint density at radius 2 is 2.33 bits per heavy atom. The topological polar surface area (TPSA) is 26.3 Å². The molecule has 0 aromatic carbocycles. The van der Waals surface area contributed by atoms with Crippen molar-refractivity contribution in [1.29, 1.82) is 0 Å². The average molecular weight is 171 g/mol. The van der Waals surface area contributed by atoms with Crippen molar-refractivity contribution in [2.24, 2.45) is 0 Å². The van der Waals surface area contributed by atoms with Gasteiger partial charge in [0, 0.05) is 11.6 Å². The number of carbonyl (C=O) groups excluding carboxylic acids is 1. The molecule has 0 rings (SSSR count). The molecule has 9 heavy (non-hydrogen) atoms. The van der Waals surface area contributed by atoms with Crippen LogP contribution in [0.2, 0.25) is 0 Å². The molecule has 0 radical (unpaired) electrons. The first-order valence-electron chi connectivity index (χ1n) is 2.62. The Kier molecular flexibility index (Phi) is 4.91. The highest BCUT2D eigenvalue weighted by molar-refractivity contribution is 6.61. The smallest absolute Gasteiger partial charge is 0.404 e. The van der Waals surface area contributed by atoms with Crippen molar-refractivity contribution in [2.75, 3.05) is 5.88 Å². The molecule has 0 aliphatic heterocycles. The monoisotopic (exact) mass is 170 g/mol. The van der Waals surface area contributed by atoms with Crippen molar-refractivity contribution < 1.29 is 9.53 Å². The van der Waals surface area contributed by atoms with Crippen LogP contribution in [-0.2, 0) is 4.74 Å². The summed E-state index contributed by atoms with van der Waals surface area (Å²) in [4.78, 5) is 10.1. The van der Waals surface area contributed by atoms with E-state index in [-0.39, 0.29) is 6.10 Å². The van der Waals surface area contributed by atoms with Crippen LogP contribution in [0.4, 0.5) is 4.79 Å². The van der Waals surface area contributed by atoms with Gasteiger partial charge in [0.2, 0.25) is 0 Å². The number of alkyl halides is 1. The molecule has 0 aromatic heterocycles. The molecule has 1 unspecified atom stereocenters. The average Bonchev–Trinajstić information content (AvgIpc) is 1.82. The number of halogens is 2. The van der Waals surface area contributed by atoms with E-state index in [0.29, 0.717) is 12.3 Å². The minimum atomic E-state index is -0.789. The summed E-state index contributed by atoms with van der Waals surface area (Å²) in [7, 11) is 0. The Hall–Kier alpha value is 0.0500. The molecule has 0 saturated carbocycles. The Morgan fingerprint density at radius 3 is 2.44 bits per heavy atom. The lowest BCUT2D eigenvalue weighted by atomic mass is 10.3. The molecular weight excluding hydrogens is 163 g/mol. The summed E-state index contributed by atoms with van der Waals surface area (Å²) in [5.41, 5.74) is -0.789. The van der Waals surface area contributed by atoms with E-state index in [4.69, 9.17) is 23.2 Å². The Balaban J connectivity index is 3.43. The van der Waals surface area contributed by atoms with Crippen molar-refractivity contribution >= 4 is 28.6 Å². The van der Waals surface area contributed by atoms with Gasteiger partial charge in [-0.05, 0) is 6.42 Å². The molecule has 0 saturated heterocycles. The van der Waals surface area contributed by atoms with Gasteiger partial charge in [-0.1, -0.05) is 6.92 Å². The molecule has 0 bridgehead atoms. The predicted molar refractivity (Wildman–Crippen MR) is 37.1 cm³/mol. The van der Waals surface area contributed by atoms with Crippen molar-refractivity contribution in [3.05, 3.63) is 0 Å². The summed E-state index contributed by atoms with van der Waals surface area (Å²) < 4.78 is 4.54. The minimum Gasteiger partial charge on any atom is -0.449 e. The van der Waals surface area contributed by atoms with E-state index in [1.165, 1.54) is 0 Å². The Labute approximate surface area is 64.1 Å². The number of hydrogen-bond acceptors (Lipinski definition) is 2. The number of rotatable bonds is 3. The molecule has 2 nitrogen and oxygen atoms in total. The summed E-state index contributed by atoms with van der Waals surface area (Å²) in [6, 6.07) is 0. The van der Waals surface area contributed by atoms with Gasteiger partial charge in [0.05, 0.1) is 5.88 Å². The zero-order chi connectivity index (χ0) is 7.28. The summed E-state index contributed by atoms with van der Waals surface area (Å²) in [5, 5.41) is 0. The molecule has 4 heteroatoms. The van der Waals surface area contributed by atoms with Crippen LogP contribution < -0.4 is 0 Å². The maximum absolute atomic E-state index is 10.1. The zero-order valence-electron chi connectivity index (χ0n) is 5.06. The fraction of sp³-hybridized carbons (Fsp3) is 0.800. The molecular formula is C5H8Cl2O2. The van der Waals surface area contributed by atoms with E-state index in [2.05, 4.69) is 4.74 Å². The molecule has 0 aromatic rings. The van der Waals surface area contributed by atoms with E-state index in [1.807, 2.05) is 6.92 Å². The van der Waals surface area contributed by atoms with Crippen LogP contribution in [-0.4, -0.2) is 17.4 Å². The lowest BCUT2D eigenvalue weighted by molar-refractivity contribution is 0.131. The predicted octanol–water partition coefficient (Wildman–Crippen LogP) is 2.38. The van der Waals surface area contributed by atoms with Crippen molar-refractivity contribution in [3.63, 3.8) is 0 Å². The van der Waals surface area contributed by atoms with Gasteiger partial charge in [0.15, 0.2) is 0 Å². The normalized spacial score (nSPS) is 12.8. The molecule has 0 aliphatic rings. The highest BCUT2D eigenvalue weighted by Crippen LogP contribution is 2.02. The molecule has 0 amide bonds. The second-order valence-corrected chi connectivity index (χ2v) is 2.16. The van der Waals surface area contributed by atoms with Gasteiger partial charge in [0.1, 0.15) is 6.10 Å². The van der Waals surface area contributed by atoms with E-state index >= 15 is 0 Å². The first-order chi connectivity index (χ1) is 4.20. The number of hydrogen-bond donors (Lipinski definition) is 0. The van der Waals surface area contributed by atoms with E-state index in [1.54, 1.807) is 0 Å². The van der Waals surface area contributed by atoms with Gasteiger partial charge in [-0.2, -0.15) is 0 Å². The van der Waals surface area contributed by atoms with Crippen LogP contribution >= 0.6 is 23.2 Å². The van der Waals surface area contributed by atoms with E-state index < -0.39 is 5.43 Å². The molecule has 0 aliphatic carbocycles. The Bertz CT molecular complexity index is 91.0. The van der Waals surface area contributed by atoms with Crippen LogP contribution in [0.25, 0.3) is 0 Å². The van der Waals surface area contributed by atoms with Crippen LogP contribution in [0, 0.1) is 0 Å². The lowest BCUT2D eigenvalue weighted by Crippen LogP contribution is -2.14. The molecule has 0 spiro atoms. The van der Waals surface area contributed by atoms with Crippen LogP contribution in [0.5, 0.6) is 0 Å². The van der Waals surface area contributed by atoms with Gasteiger partial charge in [0.25, 0.3) is 0 Å². The van der Waals surface area contributed by atoms with E-state index in [9.17, 15) is 4.79 Å². The summed E-state index contributed by atoms with van der Waals surface area (Å²) >= 11 is 10.3. The van der Waals surface area contributed by atoms with Crippen LogP contribution in [0.15, 0.2) is 0 Å². The second kappa shape index (κ2) is 4.89. The van der Waals surface area contributed by atoms with Gasteiger partial charge >= 0.3 is 5.43 Å².